The number of benzene rings is 1. The summed E-state index contributed by atoms with van der Waals surface area (Å²) in [6, 6.07) is 4.83. The molecule has 0 atom stereocenters. The molecule has 0 unspecified atom stereocenters. The van der Waals surface area contributed by atoms with Gasteiger partial charge >= 0.3 is 0 Å². The number of ether oxygens (including phenoxy) is 2. The molecule has 0 bridgehead atoms. The molecule has 1 aromatic carbocycles. The van der Waals surface area contributed by atoms with Crippen LogP contribution in [-0.2, 0) is 23.0 Å². The van der Waals surface area contributed by atoms with E-state index >= 15 is 0 Å². The van der Waals surface area contributed by atoms with Crippen molar-refractivity contribution >= 4 is 10.0 Å². The van der Waals surface area contributed by atoms with E-state index in [1.54, 1.807) is 18.2 Å². The summed E-state index contributed by atoms with van der Waals surface area (Å²) in [6.45, 7) is 5.73. The molecular weight excluding hydrogens is 396 g/mol. The highest BCUT2D eigenvalue weighted by Crippen LogP contribution is 2.33. The molecule has 158 valence electrons. The largest absolute Gasteiger partial charge is 0.490 e. The molecule has 1 fully saturated rings. The van der Waals surface area contributed by atoms with Crippen molar-refractivity contribution in [1.82, 2.24) is 19.3 Å². The van der Waals surface area contributed by atoms with Crippen molar-refractivity contribution in [3.63, 3.8) is 0 Å². The van der Waals surface area contributed by atoms with Crippen LogP contribution < -0.4 is 9.47 Å². The fourth-order valence-electron chi connectivity index (χ4n) is 3.45. The Bertz CT molecular complexity index is 938. The number of hydrogen-bond donors (Lipinski definition) is 0. The van der Waals surface area contributed by atoms with Crippen LogP contribution in [0.5, 0.6) is 11.5 Å². The SMILES string of the molecule is CCCc1noc(CN2CCN(S(=O)(=O)c3ccc4c(c3)OCCCO4)CC2)n1. The Kier molecular flexibility index (Phi) is 6.02. The van der Waals surface area contributed by atoms with Gasteiger partial charge in [0, 0.05) is 45.1 Å². The van der Waals surface area contributed by atoms with Gasteiger partial charge in [0.2, 0.25) is 15.9 Å². The molecule has 0 amide bonds. The van der Waals surface area contributed by atoms with E-state index in [-0.39, 0.29) is 4.90 Å². The minimum atomic E-state index is -3.59. The highest BCUT2D eigenvalue weighted by atomic mass is 32.2. The first-order valence-corrected chi connectivity index (χ1v) is 11.4. The summed E-state index contributed by atoms with van der Waals surface area (Å²) in [7, 11) is -3.59. The molecule has 3 heterocycles. The second-order valence-electron chi connectivity index (χ2n) is 7.19. The summed E-state index contributed by atoms with van der Waals surface area (Å²) in [4.78, 5) is 6.74. The third kappa shape index (κ3) is 4.54. The van der Waals surface area contributed by atoms with Crippen LogP contribution in [0.2, 0.25) is 0 Å². The van der Waals surface area contributed by atoms with E-state index in [1.165, 1.54) is 4.31 Å². The number of hydrogen-bond acceptors (Lipinski definition) is 8. The lowest BCUT2D eigenvalue weighted by atomic mass is 10.3. The minimum absolute atomic E-state index is 0.233. The average Bonchev–Trinajstić information content (AvgIpc) is 3.02. The van der Waals surface area contributed by atoms with Gasteiger partial charge in [-0.25, -0.2) is 8.42 Å². The van der Waals surface area contributed by atoms with Gasteiger partial charge in [0.15, 0.2) is 17.3 Å². The van der Waals surface area contributed by atoms with Crippen molar-refractivity contribution in [3.8, 4) is 11.5 Å². The standard InChI is InChI=1S/C19H26N4O5S/c1-2-4-18-20-19(28-21-18)14-22-7-9-23(10-8-22)29(24,25)15-5-6-16-17(13-15)27-12-3-11-26-16/h5-6,13H,2-4,7-12,14H2,1H3. The van der Waals surface area contributed by atoms with E-state index in [2.05, 4.69) is 22.0 Å². The Morgan fingerprint density at radius 1 is 1.07 bits per heavy atom. The number of rotatable bonds is 6. The molecule has 2 aliphatic rings. The van der Waals surface area contributed by atoms with Gasteiger partial charge in [-0.05, 0) is 18.6 Å². The highest BCUT2D eigenvalue weighted by Gasteiger charge is 2.30. The first-order valence-electron chi connectivity index (χ1n) is 10.00. The second-order valence-corrected chi connectivity index (χ2v) is 9.13. The Balaban J connectivity index is 1.39. The van der Waals surface area contributed by atoms with Gasteiger partial charge in [-0.3, -0.25) is 4.90 Å². The van der Waals surface area contributed by atoms with E-state index in [0.717, 1.165) is 25.1 Å². The zero-order chi connectivity index (χ0) is 20.3. The molecule has 0 radical (unpaired) electrons. The zero-order valence-electron chi connectivity index (χ0n) is 16.5. The molecule has 0 aliphatic carbocycles. The van der Waals surface area contributed by atoms with Crippen molar-refractivity contribution < 1.29 is 22.4 Å². The van der Waals surface area contributed by atoms with Crippen molar-refractivity contribution in [2.45, 2.75) is 37.6 Å². The molecular formula is C19H26N4O5S. The van der Waals surface area contributed by atoms with Crippen LogP contribution >= 0.6 is 0 Å². The highest BCUT2D eigenvalue weighted by molar-refractivity contribution is 7.89. The molecule has 1 saturated heterocycles. The van der Waals surface area contributed by atoms with Crippen LogP contribution in [-0.4, -0.2) is 67.2 Å². The fourth-order valence-corrected chi connectivity index (χ4v) is 4.89. The maximum absolute atomic E-state index is 13.1. The molecule has 9 nitrogen and oxygen atoms in total. The first kappa shape index (κ1) is 20.1. The molecule has 1 aromatic heterocycles. The second kappa shape index (κ2) is 8.68. The summed E-state index contributed by atoms with van der Waals surface area (Å²) in [5.41, 5.74) is 0. The van der Waals surface area contributed by atoms with Gasteiger partial charge in [-0.1, -0.05) is 12.1 Å². The van der Waals surface area contributed by atoms with Crippen molar-refractivity contribution in [2.24, 2.45) is 0 Å². The number of piperazine rings is 1. The van der Waals surface area contributed by atoms with Gasteiger partial charge in [0.25, 0.3) is 0 Å². The molecule has 2 aromatic rings. The summed E-state index contributed by atoms with van der Waals surface area (Å²) >= 11 is 0. The van der Waals surface area contributed by atoms with Gasteiger partial charge in [0.05, 0.1) is 24.7 Å². The molecule has 4 rings (SSSR count). The summed E-state index contributed by atoms with van der Waals surface area (Å²) in [6.07, 6.45) is 2.54. The van der Waals surface area contributed by atoms with Gasteiger partial charge in [-0.2, -0.15) is 9.29 Å². The van der Waals surface area contributed by atoms with Gasteiger partial charge in [0.1, 0.15) is 0 Å². The predicted molar refractivity (Wildman–Crippen MR) is 104 cm³/mol. The summed E-state index contributed by atoms with van der Waals surface area (Å²) < 4.78 is 44.2. The van der Waals surface area contributed by atoms with E-state index in [4.69, 9.17) is 14.0 Å². The van der Waals surface area contributed by atoms with Crippen molar-refractivity contribution in [3.05, 3.63) is 29.9 Å². The normalized spacial score (nSPS) is 18.5. The number of fused-ring (bicyclic) bond motifs is 1. The molecule has 10 heteroatoms. The maximum Gasteiger partial charge on any atom is 0.243 e. The Morgan fingerprint density at radius 3 is 2.59 bits per heavy atom. The van der Waals surface area contributed by atoms with Crippen LogP contribution in [0.15, 0.2) is 27.6 Å². The van der Waals surface area contributed by atoms with E-state index in [1.807, 2.05) is 0 Å². The molecule has 0 N–H and O–H groups in total. The molecule has 0 saturated carbocycles. The van der Waals surface area contributed by atoms with E-state index < -0.39 is 10.0 Å². The van der Waals surface area contributed by atoms with Gasteiger partial charge in [-0.15, -0.1) is 0 Å². The van der Waals surface area contributed by atoms with Crippen LogP contribution in [0.1, 0.15) is 31.5 Å². The van der Waals surface area contributed by atoms with Crippen LogP contribution in [0, 0.1) is 0 Å². The minimum Gasteiger partial charge on any atom is -0.490 e. The fraction of sp³-hybridized carbons (Fsp3) is 0.579. The lowest BCUT2D eigenvalue weighted by Gasteiger charge is -2.33. The summed E-state index contributed by atoms with van der Waals surface area (Å²) in [5.74, 6) is 2.38. The Hall–Kier alpha value is -2.17. The van der Waals surface area contributed by atoms with E-state index in [0.29, 0.717) is 63.3 Å². The zero-order valence-corrected chi connectivity index (χ0v) is 17.4. The van der Waals surface area contributed by atoms with Crippen molar-refractivity contribution in [2.75, 3.05) is 39.4 Å². The topological polar surface area (TPSA) is 98.0 Å². The summed E-state index contributed by atoms with van der Waals surface area (Å²) in [5, 5.41) is 3.97. The van der Waals surface area contributed by atoms with Crippen LogP contribution in [0.4, 0.5) is 0 Å². The molecule has 29 heavy (non-hydrogen) atoms. The smallest absolute Gasteiger partial charge is 0.243 e. The van der Waals surface area contributed by atoms with Crippen LogP contribution in [0.25, 0.3) is 0 Å². The quantitative estimate of drug-likeness (QED) is 0.694. The number of aromatic nitrogens is 2. The average molecular weight is 423 g/mol. The predicted octanol–water partition coefficient (Wildman–Crippen LogP) is 1.69. The van der Waals surface area contributed by atoms with E-state index in [9.17, 15) is 8.42 Å². The monoisotopic (exact) mass is 422 g/mol. The number of sulfonamides is 1. The third-order valence-electron chi connectivity index (χ3n) is 5.03. The molecule has 2 aliphatic heterocycles. The number of nitrogens with zero attached hydrogens (tertiary/aromatic N) is 4. The number of aryl methyl sites for hydroxylation is 1. The lowest BCUT2D eigenvalue weighted by molar-refractivity contribution is 0.163. The maximum atomic E-state index is 13.1. The Morgan fingerprint density at radius 2 is 1.83 bits per heavy atom. The van der Waals surface area contributed by atoms with Gasteiger partial charge < -0.3 is 14.0 Å². The first-order chi connectivity index (χ1) is 14.1. The third-order valence-corrected chi connectivity index (χ3v) is 6.93. The lowest BCUT2D eigenvalue weighted by Crippen LogP contribution is -2.48. The molecule has 0 spiro atoms. The Labute approximate surface area is 170 Å². The van der Waals surface area contributed by atoms with Crippen molar-refractivity contribution in [1.29, 1.82) is 0 Å². The van der Waals surface area contributed by atoms with Crippen LogP contribution in [0.3, 0.4) is 0 Å².